The van der Waals surface area contributed by atoms with Gasteiger partial charge in [0.1, 0.15) is 11.3 Å². The zero-order valence-electron chi connectivity index (χ0n) is 12.9. The number of benzene rings is 1. The van der Waals surface area contributed by atoms with Crippen LogP contribution in [-0.4, -0.2) is 30.3 Å². The summed E-state index contributed by atoms with van der Waals surface area (Å²) in [5.41, 5.74) is 3.26. The van der Waals surface area contributed by atoms with Crippen molar-refractivity contribution < 1.29 is 9.15 Å². The normalized spacial score (nSPS) is 17.6. The van der Waals surface area contributed by atoms with Crippen molar-refractivity contribution in [1.82, 2.24) is 4.90 Å². The molecule has 1 aromatic carbocycles. The number of allylic oxidation sites excluding steroid dienone is 1. The molecule has 0 amide bonds. The fraction of sp³-hybridized carbons (Fsp3) is 0.353. The Kier molecular flexibility index (Phi) is 3.18. The number of fused-ring (bicyclic) bond motifs is 2. The Labute approximate surface area is 133 Å². The molecule has 0 N–H and O–H groups in total. The van der Waals surface area contributed by atoms with Crippen LogP contribution >= 0.6 is 11.8 Å². The summed E-state index contributed by atoms with van der Waals surface area (Å²) in [4.78, 5) is 8.30. The van der Waals surface area contributed by atoms with E-state index in [0.717, 1.165) is 40.5 Å². The molecule has 0 unspecified atom stereocenters. The summed E-state index contributed by atoms with van der Waals surface area (Å²) in [5.74, 6) is 1.32. The van der Waals surface area contributed by atoms with E-state index in [-0.39, 0.29) is 0 Å². The molecule has 0 saturated heterocycles. The summed E-state index contributed by atoms with van der Waals surface area (Å²) in [6.45, 7) is 6.28. The first-order chi connectivity index (χ1) is 10.7. The Morgan fingerprint density at radius 2 is 2.23 bits per heavy atom. The van der Waals surface area contributed by atoms with E-state index in [4.69, 9.17) is 9.15 Å². The van der Waals surface area contributed by atoms with Crippen LogP contribution in [0.5, 0.6) is 5.75 Å². The highest BCUT2D eigenvalue weighted by atomic mass is 32.2. The van der Waals surface area contributed by atoms with Crippen molar-refractivity contribution in [2.45, 2.75) is 13.8 Å². The summed E-state index contributed by atoms with van der Waals surface area (Å²) < 4.78 is 11.2. The third kappa shape index (κ3) is 1.96. The molecule has 2 aromatic rings. The minimum absolute atomic E-state index is 0.464. The number of methoxy groups -OCH3 is 1. The lowest BCUT2D eigenvalue weighted by molar-refractivity contribution is 0.419. The summed E-state index contributed by atoms with van der Waals surface area (Å²) in [6.07, 6.45) is 1.71. The van der Waals surface area contributed by atoms with E-state index < -0.39 is 0 Å². The van der Waals surface area contributed by atoms with Gasteiger partial charge in [-0.1, -0.05) is 25.6 Å². The fourth-order valence-electron chi connectivity index (χ4n) is 3.03. The quantitative estimate of drug-likeness (QED) is 0.851. The number of aliphatic imine (C=N–C) groups is 1. The second kappa shape index (κ2) is 5.09. The molecule has 4 rings (SSSR count). The molecule has 0 bridgehead atoms. The molecule has 0 atom stereocenters. The molecular weight excluding hydrogens is 296 g/mol. The average Bonchev–Trinajstić information content (AvgIpc) is 3.19. The van der Waals surface area contributed by atoms with Crippen molar-refractivity contribution in [3.05, 3.63) is 34.9 Å². The fourth-order valence-corrected chi connectivity index (χ4v) is 4.24. The van der Waals surface area contributed by atoms with Gasteiger partial charge in [0.25, 0.3) is 0 Å². The number of hydrogen-bond donors (Lipinski definition) is 0. The van der Waals surface area contributed by atoms with Crippen LogP contribution in [0.25, 0.3) is 16.7 Å². The molecular formula is C17H18N2O2S. The first-order valence-corrected chi connectivity index (χ1v) is 8.30. The van der Waals surface area contributed by atoms with Crippen LogP contribution in [-0.2, 0) is 0 Å². The van der Waals surface area contributed by atoms with E-state index in [1.165, 1.54) is 10.6 Å². The highest BCUT2D eigenvalue weighted by Crippen LogP contribution is 2.46. The first-order valence-electron chi connectivity index (χ1n) is 7.48. The molecule has 0 aliphatic carbocycles. The van der Waals surface area contributed by atoms with Crippen molar-refractivity contribution in [2.75, 3.05) is 20.2 Å². The van der Waals surface area contributed by atoms with Crippen LogP contribution in [0.15, 0.2) is 38.8 Å². The van der Waals surface area contributed by atoms with Crippen molar-refractivity contribution in [1.29, 1.82) is 0 Å². The predicted octanol–water partition coefficient (Wildman–Crippen LogP) is 4.18. The number of furan rings is 1. The van der Waals surface area contributed by atoms with Gasteiger partial charge in [0.2, 0.25) is 0 Å². The second-order valence-corrected chi connectivity index (χ2v) is 6.81. The molecule has 1 aromatic heterocycles. The number of amidine groups is 1. The first kappa shape index (κ1) is 13.8. The number of ether oxygens (including phenoxy) is 1. The monoisotopic (exact) mass is 314 g/mol. The number of hydrogen-bond acceptors (Lipinski definition) is 5. The Bertz CT molecular complexity index is 804. The Hall–Kier alpha value is -1.88. The van der Waals surface area contributed by atoms with Gasteiger partial charge in [-0.2, -0.15) is 0 Å². The zero-order valence-corrected chi connectivity index (χ0v) is 13.7. The minimum Gasteiger partial charge on any atom is -0.496 e. The van der Waals surface area contributed by atoms with Gasteiger partial charge in [-0.25, -0.2) is 0 Å². The lowest BCUT2D eigenvalue weighted by Crippen LogP contribution is -2.20. The van der Waals surface area contributed by atoms with Gasteiger partial charge in [-0.15, -0.1) is 0 Å². The third-order valence-electron chi connectivity index (χ3n) is 4.06. The molecule has 0 fully saturated rings. The number of nitrogens with zero attached hydrogens (tertiary/aromatic N) is 2. The maximum atomic E-state index is 5.61. The lowest BCUT2D eigenvalue weighted by atomic mass is 10.0. The molecule has 3 heterocycles. The molecule has 4 nitrogen and oxygen atoms in total. The largest absolute Gasteiger partial charge is 0.496 e. The number of thioether (sulfide) groups is 1. The molecule has 2 aliphatic rings. The van der Waals surface area contributed by atoms with Gasteiger partial charge in [0, 0.05) is 17.0 Å². The molecule has 0 radical (unpaired) electrons. The predicted molar refractivity (Wildman–Crippen MR) is 91.1 cm³/mol. The van der Waals surface area contributed by atoms with E-state index in [1.807, 2.05) is 6.07 Å². The Morgan fingerprint density at radius 1 is 1.36 bits per heavy atom. The van der Waals surface area contributed by atoms with Crippen LogP contribution < -0.4 is 4.74 Å². The van der Waals surface area contributed by atoms with Gasteiger partial charge < -0.3 is 14.1 Å². The highest BCUT2D eigenvalue weighted by Gasteiger charge is 2.34. The topological polar surface area (TPSA) is 38.0 Å². The van der Waals surface area contributed by atoms with Crippen molar-refractivity contribution in [3.8, 4) is 5.75 Å². The zero-order chi connectivity index (χ0) is 15.3. The molecule has 114 valence electrons. The summed E-state index contributed by atoms with van der Waals surface area (Å²) in [6, 6.07) is 6.16. The van der Waals surface area contributed by atoms with E-state index >= 15 is 0 Å². The summed E-state index contributed by atoms with van der Waals surface area (Å²) in [5, 5.41) is 2.14. The summed E-state index contributed by atoms with van der Waals surface area (Å²) >= 11 is 1.80. The van der Waals surface area contributed by atoms with Crippen molar-refractivity contribution in [2.24, 2.45) is 10.9 Å². The van der Waals surface area contributed by atoms with E-state index in [9.17, 15) is 0 Å². The number of rotatable bonds is 3. The maximum absolute atomic E-state index is 5.61. The van der Waals surface area contributed by atoms with E-state index in [0.29, 0.717) is 5.92 Å². The van der Waals surface area contributed by atoms with Crippen LogP contribution in [0.1, 0.15) is 19.4 Å². The van der Waals surface area contributed by atoms with E-state index in [2.05, 4.69) is 35.9 Å². The van der Waals surface area contributed by atoms with Gasteiger partial charge in [-0.05, 0) is 24.1 Å². The van der Waals surface area contributed by atoms with Crippen LogP contribution in [0.2, 0.25) is 0 Å². The standard InChI is InChI=1S/C17H18N2O2S/c1-10(2)16-15(19-6-5-18-17(19)22-16)11-8-13(20-3)12-4-7-21-14(12)9-11/h4,7-10H,5-6H2,1-3H3. The van der Waals surface area contributed by atoms with Crippen LogP contribution in [0.4, 0.5) is 0 Å². The lowest BCUT2D eigenvalue weighted by Gasteiger charge is -2.19. The molecule has 22 heavy (non-hydrogen) atoms. The minimum atomic E-state index is 0.464. The van der Waals surface area contributed by atoms with Gasteiger partial charge in [-0.3, -0.25) is 4.99 Å². The van der Waals surface area contributed by atoms with E-state index in [1.54, 1.807) is 25.1 Å². The maximum Gasteiger partial charge on any atom is 0.168 e. The van der Waals surface area contributed by atoms with Gasteiger partial charge >= 0.3 is 0 Å². The smallest absolute Gasteiger partial charge is 0.168 e. The van der Waals surface area contributed by atoms with Gasteiger partial charge in [0.05, 0.1) is 31.0 Å². The van der Waals surface area contributed by atoms with Crippen LogP contribution in [0.3, 0.4) is 0 Å². The van der Waals surface area contributed by atoms with Gasteiger partial charge in [0.15, 0.2) is 5.17 Å². The second-order valence-electron chi connectivity index (χ2n) is 5.80. The molecule has 5 heteroatoms. The average molecular weight is 314 g/mol. The summed E-state index contributed by atoms with van der Waals surface area (Å²) in [7, 11) is 1.70. The highest BCUT2D eigenvalue weighted by molar-refractivity contribution is 8.17. The Morgan fingerprint density at radius 3 is 3.00 bits per heavy atom. The SMILES string of the molecule is COc1cc(C2=C(C(C)C)SC3=NCCN32)cc2occc12. The van der Waals surface area contributed by atoms with Crippen molar-refractivity contribution >= 4 is 33.6 Å². The third-order valence-corrected chi connectivity index (χ3v) is 5.47. The Balaban J connectivity index is 1.92. The molecule has 0 saturated carbocycles. The molecule has 2 aliphatic heterocycles. The van der Waals surface area contributed by atoms with Crippen LogP contribution in [0, 0.1) is 5.92 Å². The van der Waals surface area contributed by atoms with Crippen molar-refractivity contribution in [3.63, 3.8) is 0 Å². The molecule has 0 spiro atoms.